The fourth-order valence-corrected chi connectivity index (χ4v) is 1.25. The summed E-state index contributed by atoms with van der Waals surface area (Å²) in [5.74, 6) is -2.14. The van der Waals surface area contributed by atoms with Crippen LogP contribution in [0.15, 0.2) is 12.3 Å². The Hall–Kier alpha value is -1.86. The molecule has 0 bridgehead atoms. The molecule has 0 radical (unpaired) electrons. The van der Waals surface area contributed by atoms with Crippen molar-refractivity contribution in [2.45, 2.75) is 0 Å². The molecule has 0 saturated carbocycles. The standard InChI is InChI=1S/C10H9Cl2N3O4/c11-6-1-5(2-15-9(6)12)10(18)19-4-8(17)14-3-7(13)16/h1-2H,3-4H2,(H2,13,16)(H,14,17). The number of pyridine rings is 1. The molecule has 0 fully saturated rings. The molecule has 9 heteroatoms. The van der Waals surface area contributed by atoms with Gasteiger partial charge in [-0.2, -0.15) is 0 Å². The van der Waals surface area contributed by atoms with E-state index in [1.807, 2.05) is 0 Å². The Labute approximate surface area is 118 Å². The summed E-state index contributed by atoms with van der Waals surface area (Å²) >= 11 is 11.3. The van der Waals surface area contributed by atoms with E-state index in [4.69, 9.17) is 28.9 Å². The Bertz CT molecular complexity index is 521. The Morgan fingerprint density at radius 2 is 2.05 bits per heavy atom. The molecule has 0 saturated heterocycles. The first kappa shape index (κ1) is 15.2. The number of ether oxygens (including phenoxy) is 1. The van der Waals surface area contributed by atoms with E-state index in [-0.39, 0.29) is 22.3 Å². The molecular formula is C10H9Cl2N3O4. The summed E-state index contributed by atoms with van der Waals surface area (Å²) in [6.07, 6.45) is 1.16. The van der Waals surface area contributed by atoms with Gasteiger partial charge in [0.25, 0.3) is 5.91 Å². The number of nitrogens with one attached hydrogen (secondary N) is 1. The number of carbonyl (C=O) groups is 3. The third-order valence-electron chi connectivity index (χ3n) is 1.83. The van der Waals surface area contributed by atoms with Crippen molar-refractivity contribution in [3.8, 4) is 0 Å². The van der Waals surface area contributed by atoms with Crippen molar-refractivity contribution in [3.05, 3.63) is 28.0 Å². The van der Waals surface area contributed by atoms with Gasteiger partial charge in [-0.3, -0.25) is 9.59 Å². The van der Waals surface area contributed by atoms with Crippen LogP contribution in [0.25, 0.3) is 0 Å². The third kappa shape index (κ3) is 5.11. The number of hydrogen-bond acceptors (Lipinski definition) is 5. The molecule has 1 rings (SSSR count). The molecule has 1 aromatic heterocycles. The summed E-state index contributed by atoms with van der Waals surface area (Å²) < 4.78 is 4.67. The molecule has 102 valence electrons. The predicted octanol–water partition coefficient (Wildman–Crippen LogP) is 0.147. The van der Waals surface area contributed by atoms with Gasteiger partial charge in [0.05, 0.1) is 17.1 Å². The van der Waals surface area contributed by atoms with Gasteiger partial charge in [-0.25, -0.2) is 9.78 Å². The van der Waals surface area contributed by atoms with Crippen molar-refractivity contribution in [1.29, 1.82) is 0 Å². The average molecular weight is 306 g/mol. The Kier molecular flexibility index (Phi) is 5.53. The maximum absolute atomic E-state index is 11.5. The molecule has 0 aliphatic carbocycles. The summed E-state index contributed by atoms with van der Waals surface area (Å²) in [7, 11) is 0. The number of primary amides is 1. The predicted molar refractivity (Wildman–Crippen MR) is 66.7 cm³/mol. The fraction of sp³-hybridized carbons (Fsp3) is 0.200. The number of nitrogens with two attached hydrogens (primary N) is 1. The Morgan fingerprint density at radius 3 is 2.63 bits per heavy atom. The minimum absolute atomic E-state index is 0.0529. The lowest BCUT2D eigenvalue weighted by molar-refractivity contribution is -0.127. The van der Waals surface area contributed by atoms with Crippen LogP contribution in [0, 0.1) is 0 Å². The summed E-state index contributed by atoms with van der Waals surface area (Å²) in [4.78, 5) is 36.7. The third-order valence-corrected chi connectivity index (χ3v) is 2.51. The van der Waals surface area contributed by atoms with Crippen LogP contribution in [0.2, 0.25) is 10.2 Å². The molecule has 0 aliphatic rings. The zero-order chi connectivity index (χ0) is 14.4. The Balaban J connectivity index is 2.49. The van der Waals surface area contributed by atoms with Gasteiger partial charge in [0.15, 0.2) is 6.61 Å². The fourth-order valence-electron chi connectivity index (χ4n) is 0.984. The highest BCUT2D eigenvalue weighted by atomic mass is 35.5. The molecule has 1 heterocycles. The lowest BCUT2D eigenvalue weighted by Gasteiger charge is -2.05. The highest BCUT2D eigenvalue weighted by Gasteiger charge is 2.12. The van der Waals surface area contributed by atoms with Gasteiger partial charge >= 0.3 is 5.97 Å². The number of esters is 1. The average Bonchev–Trinajstić information content (AvgIpc) is 2.36. The van der Waals surface area contributed by atoms with Crippen LogP contribution < -0.4 is 11.1 Å². The van der Waals surface area contributed by atoms with E-state index in [0.29, 0.717) is 0 Å². The zero-order valence-corrected chi connectivity index (χ0v) is 11.0. The van der Waals surface area contributed by atoms with Crippen LogP contribution in [-0.4, -0.2) is 35.9 Å². The van der Waals surface area contributed by atoms with E-state index in [1.165, 1.54) is 6.07 Å². The van der Waals surface area contributed by atoms with Crippen molar-refractivity contribution < 1.29 is 19.1 Å². The summed E-state index contributed by atoms with van der Waals surface area (Å²) in [6.45, 7) is -0.878. The van der Waals surface area contributed by atoms with Crippen LogP contribution in [-0.2, 0) is 14.3 Å². The summed E-state index contributed by atoms with van der Waals surface area (Å²) in [5, 5.41) is 2.30. The van der Waals surface area contributed by atoms with Gasteiger partial charge in [-0.05, 0) is 6.07 Å². The van der Waals surface area contributed by atoms with Gasteiger partial charge in [0.1, 0.15) is 5.15 Å². The lowest BCUT2D eigenvalue weighted by Crippen LogP contribution is -2.35. The molecule has 1 aromatic rings. The van der Waals surface area contributed by atoms with E-state index < -0.39 is 24.4 Å². The second-order valence-electron chi connectivity index (χ2n) is 3.32. The van der Waals surface area contributed by atoms with Crippen LogP contribution >= 0.6 is 23.2 Å². The quantitative estimate of drug-likeness (QED) is 0.594. The van der Waals surface area contributed by atoms with Crippen LogP contribution in [0.1, 0.15) is 10.4 Å². The highest BCUT2D eigenvalue weighted by molar-refractivity contribution is 6.41. The molecule has 0 unspecified atom stereocenters. The van der Waals surface area contributed by atoms with Gasteiger partial charge in [-0.1, -0.05) is 23.2 Å². The van der Waals surface area contributed by atoms with Gasteiger partial charge in [0.2, 0.25) is 5.91 Å². The van der Waals surface area contributed by atoms with Gasteiger partial charge in [-0.15, -0.1) is 0 Å². The van der Waals surface area contributed by atoms with E-state index in [1.54, 1.807) is 0 Å². The van der Waals surface area contributed by atoms with E-state index in [9.17, 15) is 14.4 Å². The summed E-state index contributed by atoms with van der Waals surface area (Å²) in [6, 6.07) is 1.26. The van der Waals surface area contributed by atoms with Crippen molar-refractivity contribution in [3.63, 3.8) is 0 Å². The van der Waals surface area contributed by atoms with Crippen molar-refractivity contribution in [2.24, 2.45) is 5.73 Å². The topological polar surface area (TPSA) is 111 Å². The molecular weight excluding hydrogens is 297 g/mol. The second-order valence-corrected chi connectivity index (χ2v) is 4.08. The number of hydrogen-bond donors (Lipinski definition) is 2. The molecule has 7 nitrogen and oxygen atoms in total. The van der Waals surface area contributed by atoms with Gasteiger partial charge in [0, 0.05) is 6.20 Å². The largest absolute Gasteiger partial charge is 0.452 e. The first-order chi connectivity index (χ1) is 8.90. The van der Waals surface area contributed by atoms with E-state index >= 15 is 0 Å². The number of halogens is 2. The van der Waals surface area contributed by atoms with Crippen LogP contribution in [0.5, 0.6) is 0 Å². The van der Waals surface area contributed by atoms with E-state index in [0.717, 1.165) is 6.20 Å². The van der Waals surface area contributed by atoms with Crippen molar-refractivity contribution >= 4 is 41.0 Å². The normalized spacial score (nSPS) is 9.79. The smallest absolute Gasteiger partial charge is 0.340 e. The highest BCUT2D eigenvalue weighted by Crippen LogP contribution is 2.19. The van der Waals surface area contributed by atoms with Crippen molar-refractivity contribution in [2.75, 3.05) is 13.2 Å². The molecule has 0 atom stereocenters. The number of amides is 2. The second kappa shape index (κ2) is 6.91. The molecule has 0 aliphatic heterocycles. The van der Waals surface area contributed by atoms with Crippen LogP contribution in [0.4, 0.5) is 0 Å². The van der Waals surface area contributed by atoms with E-state index in [2.05, 4.69) is 15.0 Å². The first-order valence-corrected chi connectivity index (χ1v) is 5.69. The number of aromatic nitrogens is 1. The maximum atomic E-state index is 11.5. The lowest BCUT2D eigenvalue weighted by atomic mass is 10.3. The maximum Gasteiger partial charge on any atom is 0.340 e. The summed E-state index contributed by atoms with van der Waals surface area (Å²) in [5.41, 5.74) is 4.87. The molecule has 19 heavy (non-hydrogen) atoms. The molecule has 0 aromatic carbocycles. The molecule has 2 amide bonds. The monoisotopic (exact) mass is 305 g/mol. The first-order valence-electron chi connectivity index (χ1n) is 4.93. The van der Waals surface area contributed by atoms with Crippen molar-refractivity contribution in [1.82, 2.24) is 10.3 Å². The number of nitrogens with zero attached hydrogens (tertiary/aromatic N) is 1. The zero-order valence-electron chi connectivity index (χ0n) is 9.48. The molecule has 3 N–H and O–H groups in total. The number of carbonyl (C=O) groups excluding carboxylic acids is 3. The number of rotatable bonds is 5. The van der Waals surface area contributed by atoms with Gasteiger partial charge < -0.3 is 15.8 Å². The Morgan fingerprint density at radius 1 is 1.37 bits per heavy atom. The minimum atomic E-state index is -0.791. The molecule has 0 spiro atoms. The minimum Gasteiger partial charge on any atom is -0.452 e. The SMILES string of the molecule is NC(=O)CNC(=O)COC(=O)c1cnc(Cl)c(Cl)c1. The van der Waals surface area contributed by atoms with Crippen LogP contribution in [0.3, 0.4) is 0 Å².